The average molecular weight is 340 g/mol. The number of aliphatic hydroxyl groups excluding tert-OH is 2. The highest BCUT2D eigenvalue weighted by Crippen LogP contribution is 2.41. The van der Waals surface area contributed by atoms with Crippen LogP contribution >= 0.6 is 15.6 Å². The Morgan fingerprint density at radius 2 is 1.55 bits per heavy atom. The fourth-order valence-corrected chi connectivity index (χ4v) is 2.17. The Bertz CT molecular complexity index is 428. The zero-order valence-corrected chi connectivity index (χ0v) is 11.5. The Kier molecular flexibility index (Phi) is 5.48. The molecule has 20 heavy (non-hydrogen) atoms. The molecule has 7 N–H and O–H groups in total. The van der Waals surface area contributed by atoms with Gasteiger partial charge in [0, 0.05) is 0 Å². The van der Waals surface area contributed by atoms with E-state index in [1.54, 1.807) is 0 Å². The van der Waals surface area contributed by atoms with E-state index in [2.05, 4.69) is 13.8 Å². The van der Waals surface area contributed by atoms with Crippen LogP contribution in [0.5, 0.6) is 0 Å². The molecule has 0 amide bonds. The number of phosphoric ester groups is 2. The molecule has 0 saturated carbocycles. The fourth-order valence-electron chi connectivity index (χ4n) is 1.47. The van der Waals surface area contributed by atoms with Crippen LogP contribution in [0.4, 0.5) is 0 Å². The molecule has 0 aliphatic carbocycles. The first-order valence-electron chi connectivity index (χ1n) is 5.00. The molecule has 12 nitrogen and oxygen atoms in total. The van der Waals surface area contributed by atoms with Crippen molar-refractivity contribution >= 4 is 15.6 Å². The monoisotopic (exact) mass is 340 g/mol. The smallest absolute Gasteiger partial charge is 0.387 e. The van der Waals surface area contributed by atoms with Gasteiger partial charge in [-0.05, 0) is 0 Å². The summed E-state index contributed by atoms with van der Waals surface area (Å²) in [6.45, 7) is -2.05. The van der Waals surface area contributed by atoms with Crippen molar-refractivity contribution in [3.05, 3.63) is 0 Å². The second kappa shape index (κ2) is 6.05. The molecular formula is C6H14O12P2. The highest BCUT2D eigenvalue weighted by molar-refractivity contribution is 7.46. The van der Waals surface area contributed by atoms with Crippen molar-refractivity contribution in [2.24, 2.45) is 0 Å². The molecule has 0 aromatic carbocycles. The lowest BCUT2D eigenvalue weighted by atomic mass is 10.1. The summed E-state index contributed by atoms with van der Waals surface area (Å²) in [5.41, 5.74) is 0. The average Bonchev–Trinajstić information content (AvgIpc) is 2.48. The van der Waals surface area contributed by atoms with E-state index < -0.39 is 53.0 Å². The highest BCUT2D eigenvalue weighted by atomic mass is 31.2. The van der Waals surface area contributed by atoms with E-state index in [0.29, 0.717) is 0 Å². The Hall–Kier alpha value is 0.0600. The van der Waals surface area contributed by atoms with Gasteiger partial charge in [-0.25, -0.2) is 9.13 Å². The van der Waals surface area contributed by atoms with Crippen molar-refractivity contribution in [1.82, 2.24) is 0 Å². The van der Waals surface area contributed by atoms with Crippen molar-refractivity contribution in [1.29, 1.82) is 0 Å². The summed E-state index contributed by atoms with van der Waals surface area (Å²) < 4.78 is 33.6. The van der Waals surface area contributed by atoms with Crippen LogP contribution in [0.25, 0.3) is 0 Å². The summed E-state index contributed by atoms with van der Waals surface area (Å²) in [5.74, 6) is -2.66. The first kappa shape index (κ1) is 18.1. The summed E-state index contributed by atoms with van der Waals surface area (Å²) >= 11 is 0. The van der Waals surface area contributed by atoms with Gasteiger partial charge in [-0.2, -0.15) is 0 Å². The molecule has 1 saturated heterocycles. The molecule has 14 heteroatoms. The highest BCUT2D eigenvalue weighted by Gasteiger charge is 2.54. The topological polar surface area (TPSA) is 203 Å². The molecular weight excluding hydrogens is 326 g/mol. The third-order valence-electron chi connectivity index (χ3n) is 2.37. The molecule has 0 spiro atoms. The maximum absolute atomic E-state index is 10.5. The quantitative estimate of drug-likeness (QED) is 0.242. The second-order valence-electron chi connectivity index (χ2n) is 3.99. The molecule has 1 fully saturated rings. The molecule has 0 bridgehead atoms. The van der Waals surface area contributed by atoms with Crippen LogP contribution in [-0.2, 0) is 22.9 Å². The zero-order chi connectivity index (χ0) is 15.8. The molecule has 4 atom stereocenters. The second-order valence-corrected chi connectivity index (χ2v) is 6.47. The van der Waals surface area contributed by atoms with Crippen molar-refractivity contribution in [3.63, 3.8) is 0 Å². The third kappa shape index (κ3) is 5.11. The van der Waals surface area contributed by atoms with E-state index in [9.17, 15) is 24.4 Å². The van der Waals surface area contributed by atoms with Crippen LogP contribution in [0, 0.1) is 0 Å². The number of hydrogen-bond acceptors (Lipinski definition) is 8. The van der Waals surface area contributed by atoms with Gasteiger partial charge in [-0.1, -0.05) is 0 Å². The van der Waals surface area contributed by atoms with Crippen molar-refractivity contribution in [2.45, 2.75) is 24.1 Å². The number of hydrogen-bond donors (Lipinski definition) is 7. The van der Waals surface area contributed by atoms with E-state index in [-0.39, 0.29) is 0 Å². The van der Waals surface area contributed by atoms with E-state index in [1.807, 2.05) is 0 Å². The van der Waals surface area contributed by atoms with Crippen molar-refractivity contribution in [3.8, 4) is 0 Å². The van der Waals surface area contributed by atoms with Gasteiger partial charge < -0.3 is 39.6 Å². The van der Waals surface area contributed by atoms with Gasteiger partial charge in [0.1, 0.15) is 24.9 Å². The van der Waals surface area contributed by atoms with Crippen LogP contribution < -0.4 is 0 Å². The minimum absolute atomic E-state index is 0.874. The summed E-state index contributed by atoms with van der Waals surface area (Å²) in [5, 5.41) is 28.8. The van der Waals surface area contributed by atoms with E-state index >= 15 is 0 Å². The van der Waals surface area contributed by atoms with E-state index in [4.69, 9.17) is 19.6 Å². The maximum Gasteiger partial charge on any atom is 0.469 e. The Morgan fingerprint density at radius 3 is 2.00 bits per heavy atom. The van der Waals surface area contributed by atoms with E-state index in [0.717, 1.165) is 0 Å². The Balaban J connectivity index is 2.67. The minimum Gasteiger partial charge on any atom is -0.387 e. The van der Waals surface area contributed by atoms with Gasteiger partial charge in [0.25, 0.3) is 0 Å². The van der Waals surface area contributed by atoms with Crippen molar-refractivity contribution < 1.29 is 57.8 Å². The molecule has 1 aliphatic heterocycles. The molecule has 0 unspecified atom stereocenters. The van der Waals surface area contributed by atoms with Gasteiger partial charge in [-0.3, -0.25) is 9.05 Å². The van der Waals surface area contributed by atoms with Gasteiger partial charge in [0.2, 0.25) is 5.79 Å². The van der Waals surface area contributed by atoms with E-state index in [1.165, 1.54) is 0 Å². The van der Waals surface area contributed by atoms with Crippen LogP contribution in [-0.4, -0.2) is 72.2 Å². The third-order valence-corrected chi connectivity index (χ3v) is 3.32. The van der Waals surface area contributed by atoms with Gasteiger partial charge in [0.15, 0.2) is 0 Å². The lowest BCUT2D eigenvalue weighted by Gasteiger charge is -2.25. The first-order valence-corrected chi connectivity index (χ1v) is 8.07. The molecule has 0 radical (unpaired) electrons. The van der Waals surface area contributed by atoms with Gasteiger partial charge in [-0.15, -0.1) is 0 Å². The minimum atomic E-state index is -4.96. The van der Waals surface area contributed by atoms with Crippen molar-refractivity contribution in [2.75, 3.05) is 13.2 Å². The molecule has 0 aromatic rings. The summed E-state index contributed by atoms with van der Waals surface area (Å²) in [4.78, 5) is 33.9. The normalized spacial score (nSPS) is 35.5. The predicted molar refractivity (Wildman–Crippen MR) is 57.8 cm³/mol. The molecule has 1 heterocycles. The lowest BCUT2D eigenvalue weighted by Crippen LogP contribution is -2.46. The molecule has 1 aliphatic rings. The summed E-state index contributed by atoms with van der Waals surface area (Å²) in [7, 11) is -9.82. The number of phosphoric acid groups is 2. The predicted octanol–water partition coefficient (Wildman–Crippen LogP) is -2.99. The number of ether oxygens (including phenoxy) is 1. The lowest BCUT2D eigenvalue weighted by molar-refractivity contribution is -0.245. The maximum atomic E-state index is 10.5. The summed E-state index contributed by atoms with van der Waals surface area (Å²) in [6.07, 6.45) is -5.38. The Morgan fingerprint density at radius 1 is 1.05 bits per heavy atom. The fraction of sp³-hybridized carbons (Fsp3) is 1.00. The largest absolute Gasteiger partial charge is 0.469 e. The number of aliphatic hydroxyl groups is 3. The van der Waals surface area contributed by atoms with Gasteiger partial charge in [0.05, 0.1) is 6.61 Å². The van der Waals surface area contributed by atoms with Gasteiger partial charge >= 0.3 is 15.6 Å². The van der Waals surface area contributed by atoms with Crippen LogP contribution in [0.3, 0.4) is 0 Å². The molecule has 0 aromatic heterocycles. The SMILES string of the molecule is O=P(O)(O)OC[C@H]1O[C@@](O)(COP(=O)(O)O)[C@@H](O)[C@@H]1O. The Labute approximate surface area is 112 Å². The molecule has 1 rings (SSSR count). The van der Waals surface area contributed by atoms with Crippen LogP contribution in [0.2, 0.25) is 0 Å². The van der Waals surface area contributed by atoms with Crippen LogP contribution in [0.1, 0.15) is 0 Å². The zero-order valence-electron chi connectivity index (χ0n) is 9.71. The van der Waals surface area contributed by atoms with Crippen LogP contribution in [0.15, 0.2) is 0 Å². The summed E-state index contributed by atoms with van der Waals surface area (Å²) in [6, 6.07) is 0. The molecule has 120 valence electrons. The number of rotatable bonds is 6. The first-order chi connectivity index (χ1) is 8.84. The standard InChI is InChI=1S/C6H14O12P2/c7-4-3(1-16-19(10,11)12)18-6(9,5(4)8)2-17-20(13,14)15/h3-5,7-9H,1-2H2,(H2,10,11,12)(H2,13,14,15)/t3-,4-,5+,6+/m1/s1.